The Labute approximate surface area is 132 Å². The van der Waals surface area contributed by atoms with Crippen LogP contribution in [0.25, 0.3) is 0 Å². The van der Waals surface area contributed by atoms with Crippen molar-refractivity contribution < 1.29 is 22.8 Å². The lowest BCUT2D eigenvalue weighted by atomic mass is 9.85. The number of carbonyl (C=O) groups excluding carboxylic acids is 2. The highest BCUT2D eigenvalue weighted by atomic mass is 32.2. The molecule has 1 N–H and O–H groups in total. The predicted molar refractivity (Wildman–Crippen MR) is 78.2 cm³/mol. The highest BCUT2D eigenvalue weighted by Crippen LogP contribution is 2.37. The van der Waals surface area contributed by atoms with E-state index in [0.717, 1.165) is 0 Å². The standard InChI is InChI=1S/C14H21F3N2O2S/c1-2-12(20)19-8-22-7-11(19)13(21)18-10-5-3-4-9(6-10)14(15,16)17/h9-11H,2-8H2,1H3,(H,18,21)/t9-,10+,11+/m0/s1. The maximum atomic E-state index is 12.8. The molecule has 8 heteroatoms. The van der Waals surface area contributed by atoms with Crippen molar-refractivity contribution in [3.05, 3.63) is 0 Å². The van der Waals surface area contributed by atoms with Gasteiger partial charge >= 0.3 is 6.18 Å². The number of nitrogens with one attached hydrogen (secondary N) is 1. The lowest BCUT2D eigenvalue weighted by Gasteiger charge is -2.32. The van der Waals surface area contributed by atoms with E-state index >= 15 is 0 Å². The SMILES string of the molecule is CCC(=O)N1CSC[C@@H]1C(=O)N[C@@H]1CCC[C@H](C(F)(F)F)C1. The van der Waals surface area contributed by atoms with Gasteiger partial charge in [-0.15, -0.1) is 11.8 Å². The third kappa shape index (κ3) is 4.08. The summed E-state index contributed by atoms with van der Waals surface area (Å²) in [4.78, 5) is 25.6. The van der Waals surface area contributed by atoms with Gasteiger partial charge in [0.25, 0.3) is 0 Å². The fraction of sp³-hybridized carbons (Fsp3) is 0.857. The van der Waals surface area contributed by atoms with Crippen molar-refractivity contribution >= 4 is 23.6 Å². The number of hydrogen-bond donors (Lipinski definition) is 1. The molecule has 1 aliphatic carbocycles. The largest absolute Gasteiger partial charge is 0.391 e. The topological polar surface area (TPSA) is 49.4 Å². The molecule has 22 heavy (non-hydrogen) atoms. The monoisotopic (exact) mass is 338 g/mol. The summed E-state index contributed by atoms with van der Waals surface area (Å²) in [5, 5.41) is 2.73. The number of halogens is 3. The molecule has 1 aliphatic heterocycles. The number of rotatable bonds is 3. The van der Waals surface area contributed by atoms with E-state index in [1.165, 1.54) is 16.7 Å². The summed E-state index contributed by atoms with van der Waals surface area (Å²) in [7, 11) is 0. The first-order valence-electron chi connectivity index (χ1n) is 7.57. The Balaban J connectivity index is 1.92. The molecule has 0 radical (unpaired) electrons. The molecule has 2 fully saturated rings. The maximum absolute atomic E-state index is 12.8. The van der Waals surface area contributed by atoms with Crippen LogP contribution in [0.3, 0.4) is 0 Å². The molecule has 126 valence electrons. The summed E-state index contributed by atoms with van der Waals surface area (Å²) in [6.45, 7) is 1.73. The first-order chi connectivity index (χ1) is 10.3. The van der Waals surface area contributed by atoms with Crippen LogP contribution in [0, 0.1) is 5.92 Å². The molecule has 2 amide bonds. The summed E-state index contributed by atoms with van der Waals surface area (Å²) in [6.07, 6.45) is -2.76. The molecule has 0 unspecified atom stereocenters. The normalized spacial score (nSPS) is 29.5. The van der Waals surface area contributed by atoms with Crippen LogP contribution < -0.4 is 5.32 Å². The number of hydrogen-bond acceptors (Lipinski definition) is 3. The van der Waals surface area contributed by atoms with Crippen molar-refractivity contribution in [3.8, 4) is 0 Å². The van der Waals surface area contributed by atoms with E-state index < -0.39 is 24.2 Å². The van der Waals surface area contributed by atoms with Crippen LogP contribution in [-0.2, 0) is 9.59 Å². The van der Waals surface area contributed by atoms with Crippen molar-refractivity contribution in [1.29, 1.82) is 0 Å². The first-order valence-corrected chi connectivity index (χ1v) is 8.72. The second-order valence-corrected chi connectivity index (χ2v) is 6.84. The van der Waals surface area contributed by atoms with E-state index in [1.54, 1.807) is 6.92 Å². The van der Waals surface area contributed by atoms with Crippen molar-refractivity contribution in [2.45, 2.75) is 57.3 Å². The fourth-order valence-corrected chi connectivity index (χ4v) is 4.20. The molecule has 4 nitrogen and oxygen atoms in total. The Morgan fingerprint density at radius 3 is 2.68 bits per heavy atom. The summed E-state index contributed by atoms with van der Waals surface area (Å²) >= 11 is 1.49. The van der Waals surface area contributed by atoms with Crippen molar-refractivity contribution in [2.24, 2.45) is 5.92 Å². The molecular weight excluding hydrogens is 317 g/mol. The summed E-state index contributed by atoms with van der Waals surface area (Å²) in [6, 6.07) is -0.999. The fourth-order valence-electron chi connectivity index (χ4n) is 3.02. The first kappa shape index (κ1) is 17.4. The van der Waals surface area contributed by atoms with Gasteiger partial charge in [-0.2, -0.15) is 13.2 Å². The van der Waals surface area contributed by atoms with Gasteiger partial charge in [0.1, 0.15) is 6.04 Å². The molecule has 1 saturated carbocycles. The third-order valence-corrected chi connectivity index (χ3v) is 5.30. The molecule has 3 atom stereocenters. The van der Waals surface area contributed by atoms with E-state index in [2.05, 4.69) is 5.32 Å². The van der Waals surface area contributed by atoms with E-state index in [4.69, 9.17) is 0 Å². The number of thioether (sulfide) groups is 1. The highest BCUT2D eigenvalue weighted by Gasteiger charge is 2.43. The van der Waals surface area contributed by atoms with Gasteiger partial charge in [-0.25, -0.2) is 0 Å². The van der Waals surface area contributed by atoms with Crippen molar-refractivity contribution in [2.75, 3.05) is 11.6 Å². The number of amides is 2. The van der Waals surface area contributed by atoms with Gasteiger partial charge in [-0.05, 0) is 19.3 Å². The molecule has 0 aromatic rings. The molecule has 2 aliphatic rings. The van der Waals surface area contributed by atoms with Crippen LogP contribution in [-0.4, -0.2) is 46.6 Å². The van der Waals surface area contributed by atoms with Crippen LogP contribution in [0.15, 0.2) is 0 Å². The zero-order valence-corrected chi connectivity index (χ0v) is 13.3. The Morgan fingerprint density at radius 2 is 2.05 bits per heavy atom. The van der Waals surface area contributed by atoms with Gasteiger partial charge in [0.05, 0.1) is 11.8 Å². The van der Waals surface area contributed by atoms with Crippen LogP contribution in [0.5, 0.6) is 0 Å². The highest BCUT2D eigenvalue weighted by molar-refractivity contribution is 7.99. The minimum Gasteiger partial charge on any atom is -0.352 e. The zero-order valence-electron chi connectivity index (χ0n) is 12.5. The average Bonchev–Trinajstić information content (AvgIpc) is 2.95. The van der Waals surface area contributed by atoms with Crippen molar-refractivity contribution in [1.82, 2.24) is 10.2 Å². The van der Waals surface area contributed by atoms with E-state index in [0.29, 0.717) is 30.9 Å². The van der Waals surface area contributed by atoms with Crippen LogP contribution >= 0.6 is 11.8 Å². The molecule has 2 rings (SSSR count). The quantitative estimate of drug-likeness (QED) is 0.860. The Kier molecular flexibility index (Phi) is 5.63. The Bertz CT molecular complexity index is 431. The van der Waals surface area contributed by atoms with Gasteiger partial charge in [-0.1, -0.05) is 13.3 Å². The molecule has 0 aromatic carbocycles. The van der Waals surface area contributed by atoms with Gasteiger partial charge < -0.3 is 10.2 Å². The summed E-state index contributed by atoms with van der Waals surface area (Å²) in [5.41, 5.74) is 0. The lowest BCUT2D eigenvalue weighted by molar-refractivity contribution is -0.184. The second kappa shape index (κ2) is 7.10. The zero-order chi connectivity index (χ0) is 16.3. The van der Waals surface area contributed by atoms with Crippen LogP contribution in [0.2, 0.25) is 0 Å². The van der Waals surface area contributed by atoms with E-state index in [9.17, 15) is 22.8 Å². The van der Waals surface area contributed by atoms with Gasteiger partial charge in [0, 0.05) is 18.2 Å². The molecule has 0 spiro atoms. The third-order valence-electron chi connectivity index (χ3n) is 4.29. The average molecular weight is 338 g/mol. The minimum absolute atomic E-state index is 0.0587. The second-order valence-electron chi connectivity index (χ2n) is 5.84. The molecule has 0 bridgehead atoms. The van der Waals surface area contributed by atoms with Crippen LogP contribution in [0.4, 0.5) is 13.2 Å². The molecule has 0 aromatic heterocycles. The van der Waals surface area contributed by atoms with E-state index in [1.807, 2.05) is 0 Å². The van der Waals surface area contributed by atoms with Gasteiger partial charge in [0.2, 0.25) is 11.8 Å². The number of carbonyl (C=O) groups is 2. The Hall–Kier alpha value is -0.920. The molecule has 1 saturated heterocycles. The van der Waals surface area contributed by atoms with Gasteiger partial charge in [-0.3, -0.25) is 9.59 Å². The number of nitrogens with zero attached hydrogens (tertiary/aromatic N) is 1. The smallest absolute Gasteiger partial charge is 0.352 e. The summed E-state index contributed by atoms with van der Waals surface area (Å²) < 4.78 is 38.4. The Morgan fingerprint density at radius 1 is 1.32 bits per heavy atom. The van der Waals surface area contributed by atoms with Crippen molar-refractivity contribution in [3.63, 3.8) is 0 Å². The summed E-state index contributed by atoms with van der Waals surface area (Å²) in [5.74, 6) is -0.771. The molecule has 1 heterocycles. The predicted octanol–water partition coefficient (Wildman–Crippen LogP) is 2.54. The minimum atomic E-state index is -4.20. The molecular formula is C14H21F3N2O2S. The van der Waals surface area contributed by atoms with Crippen LogP contribution in [0.1, 0.15) is 39.0 Å². The van der Waals surface area contributed by atoms with E-state index in [-0.39, 0.29) is 24.7 Å². The number of alkyl halides is 3. The lowest BCUT2D eigenvalue weighted by Crippen LogP contribution is -2.51. The van der Waals surface area contributed by atoms with Gasteiger partial charge in [0.15, 0.2) is 0 Å². The maximum Gasteiger partial charge on any atom is 0.391 e.